The number of aliphatic hydroxyl groups is 1. The van der Waals surface area contributed by atoms with Crippen molar-refractivity contribution < 1.29 is 9.84 Å². The van der Waals surface area contributed by atoms with Crippen molar-refractivity contribution in [1.82, 2.24) is 0 Å². The van der Waals surface area contributed by atoms with Gasteiger partial charge in [0.1, 0.15) is 0 Å². The summed E-state index contributed by atoms with van der Waals surface area (Å²) in [6.07, 6.45) is 8.34. The summed E-state index contributed by atoms with van der Waals surface area (Å²) >= 11 is 0. The molecule has 0 bridgehead atoms. The maximum Gasteiger partial charge on any atom is 0.0840 e. The van der Waals surface area contributed by atoms with E-state index >= 15 is 0 Å². The minimum Gasteiger partial charge on any atom is -0.390 e. The lowest BCUT2D eigenvalue weighted by Crippen LogP contribution is -2.40. The maximum absolute atomic E-state index is 10.1. The number of aliphatic hydroxyl groups excluding tert-OH is 1. The van der Waals surface area contributed by atoms with Crippen molar-refractivity contribution in [3.05, 3.63) is 0 Å². The molecule has 0 aromatic carbocycles. The third-order valence-electron chi connectivity index (χ3n) is 5.36. The van der Waals surface area contributed by atoms with Gasteiger partial charge in [0.25, 0.3) is 0 Å². The number of rotatable bonds is 3. The lowest BCUT2D eigenvalue weighted by Gasteiger charge is -2.38. The largest absolute Gasteiger partial charge is 0.390 e. The van der Waals surface area contributed by atoms with E-state index in [1.54, 1.807) is 0 Å². The second-order valence-electron chi connectivity index (χ2n) is 6.72. The van der Waals surface area contributed by atoms with Gasteiger partial charge in [0.2, 0.25) is 0 Å². The van der Waals surface area contributed by atoms with Crippen molar-refractivity contribution in [2.45, 2.75) is 84.0 Å². The monoisotopic (exact) mass is 254 g/mol. The van der Waals surface area contributed by atoms with Crippen LogP contribution in [0.4, 0.5) is 0 Å². The van der Waals surface area contributed by atoms with Gasteiger partial charge in [-0.05, 0) is 56.3 Å². The van der Waals surface area contributed by atoms with Crippen LogP contribution >= 0.6 is 0 Å². The SMILES string of the molecule is CCC1CCC(O)C(OC2CCC(C)C(C)C2)C1. The predicted octanol–water partition coefficient (Wildman–Crippen LogP) is 3.77. The molecule has 2 saturated carbocycles. The van der Waals surface area contributed by atoms with Crippen molar-refractivity contribution in [1.29, 1.82) is 0 Å². The van der Waals surface area contributed by atoms with Gasteiger partial charge in [-0.25, -0.2) is 0 Å². The first-order chi connectivity index (χ1) is 8.60. The van der Waals surface area contributed by atoms with E-state index in [0.717, 1.165) is 30.6 Å². The Kier molecular flexibility index (Phi) is 5.08. The summed E-state index contributed by atoms with van der Waals surface area (Å²) < 4.78 is 6.25. The molecule has 106 valence electrons. The summed E-state index contributed by atoms with van der Waals surface area (Å²) in [5, 5.41) is 10.1. The molecule has 0 radical (unpaired) electrons. The van der Waals surface area contributed by atoms with Crippen LogP contribution in [-0.2, 0) is 4.74 Å². The van der Waals surface area contributed by atoms with E-state index < -0.39 is 0 Å². The Hall–Kier alpha value is -0.0800. The van der Waals surface area contributed by atoms with Gasteiger partial charge in [0, 0.05) is 0 Å². The quantitative estimate of drug-likeness (QED) is 0.831. The van der Waals surface area contributed by atoms with Gasteiger partial charge in [-0.2, -0.15) is 0 Å². The number of hydrogen-bond acceptors (Lipinski definition) is 2. The molecule has 2 fully saturated rings. The zero-order chi connectivity index (χ0) is 13.1. The third kappa shape index (κ3) is 3.48. The third-order valence-corrected chi connectivity index (χ3v) is 5.36. The molecule has 0 saturated heterocycles. The second kappa shape index (κ2) is 6.38. The summed E-state index contributed by atoms with van der Waals surface area (Å²) in [5.74, 6) is 2.37. The normalized spacial score (nSPS) is 46.0. The highest BCUT2D eigenvalue weighted by atomic mass is 16.5. The summed E-state index contributed by atoms with van der Waals surface area (Å²) in [7, 11) is 0. The Morgan fingerprint density at radius 1 is 1.00 bits per heavy atom. The van der Waals surface area contributed by atoms with E-state index in [0.29, 0.717) is 6.10 Å². The van der Waals surface area contributed by atoms with Crippen LogP contribution in [0.1, 0.15) is 65.7 Å². The Bertz CT molecular complexity index is 253. The molecule has 0 aromatic heterocycles. The number of hydrogen-bond donors (Lipinski definition) is 1. The highest BCUT2D eigenvalue weighted by Crippen LogP contribution is 2.35. The van der Waals surface area contributed by atoms with Gasteiger partial charge in [-0.15, -0.1) is 0 Å². The van der Waals surface area contributed by atoms with Crippen LogP contribution in [-0.4, -0.2) is 23.4 Å². The molecule has 2 nitrogen and oxygen atoms in total. The lowest BCUT2D eigenvalue weighted by atomic mass is 9.79. The topological polar surface area (TPSA) is 29.5 Å². The van der Waals surface area contributed by atoms with Crippen LogP contribution in [0.15, 0.2) is 0 Å². The van der Waals surface area contributed by atoms with E-state index in [4.69, 9.17) is 4.74 Å². The summed E-state index contributed by atoms with van der Waals surface area (Å²) in [5.41, 5.74) is 0. The first-order valence-electron chi connectivity index (χ1n) is 7.93. The van der Waals surface area contributed by atoms with E-state index in [1.807, 2.05) is 0 Å². The lowest BCUT2D eigenvalue weighted by molar-refractivity contribution is -0.120. The molecule has 18 heavy (non-hydrogen) atoms. The molecule has 0 heterocycles. The van der Waals surface area contributed by atoms with Gasteiger partial charge in [0.15, 0.2) is 0 Å². The van der Waals surface area contributed by atoms with Gasteiger partial charge < -0.3 is 9.84 Å². The molecule has 1 N–H and O–H groups in total. The van der Waals surface area contributed by atoms with Crippen LogP contribution in [0.25, 0.3) is 0 Å². The minimum atomic E-state index is -0.220. The Balaban J connectivity index is 1.84. The Morgan fingerprint density at radius 2 is 1.78 bits per heavy atom. The van der Waals surface area contributed by atoms with E-state index in [-0.39, 0.29) is 12.2 Å². The van der Waals surface area contributed by atoms with Crippen molar-refractivity contribution in [3.63, 3.8) is 0 Å². The zero-order valence-electron chi connectivity index (χ0n) is 12.3. The molecule has 2 rings (SSSR count). The average Bonchev–Trinajstić information content (AvgIpc) is 2.36. The fourth-order valence-electron chi connectivity index (χ4n) is 3.58. The van der Waals surface area contributed by atoms with Crippen molar-refractivity contribution in [2.24, 2.45) is 17.8 Å². The molecular formula is C16H30O2. The number of ether oxygens (including phenoxy) is 1. The van der Waals surface area contributed by atoms with Gasteiger partial charge in [-0.1, -0.05) is 27.2 Å². The standard InChI is InChI=1S/C16H30O2/c1-4-13-6-8-15(17)16(10-13)18-14-7-5-11(2)12(3)9-14/h11-17H,4-10H2,1-3H3. The molecule has 2 aliphatic rings. The first-order valence-corrected chi connectivity index (χ1v) is 7.93. The van der Waals surface area contributed by atoms with Gasteiger partial charge >= 0.3 is 0 Å². The zero-order valence-corrected chi connectivity index (χ0v) is 12.3. The average molecular weight is 254 g/mol. The fourth-order valence-corrected chi connectivity index (χ4v) is 3.58. The smallest absolute Gasteiger partial charge is 0.0840 e. The summed E-state index contributed by atoms with van der Waals surface area (Å²) in [6.45, 7) is 6.94. The minimum absolute atomic E-state index is 0.106. The van der Waals surface area contributed by atoms with Gasteiger partial charge in [0.05, 0.1) is 18.3 Å². The first kappa shape index (κ1) is 14.3. The molecule has 6 unspecified atom stereocenters. The highest BCUT2D eigenvalue weighted by Gasteiger charge is 2.33. The molecule has 0 amide bonds. The van der Waals surface area contributed by atoms with Crippen LogP contribution in [0.2, 0.25) is 0 Å². The van der Waals surface area contributed by atoms with E-state index in [2.05, 4.69) is 20.8 Å². The fraction of sp³-hybridized carbons (Fsp3) is 1.00. The summed E-state index contributed by atoms with van der Waals surface area (Å²) in [4.78, 5) is 0. The van der Waals surface area contributed by atoms with Crippen molar-refractivity contribution >= 4 is 0 Å². The van der Waals surface area contributed by atoms with Crippen LogP contribution in [0.3, 0.4) is 0 Å². The molecule has 2 heteroatoms. The predicted molar refractivity (Wildman–Crippen MR) is 74.5 cm³/mol. The van der Waals surface area contributed by atoms with Gasteiger partial charge in [-0.3, -0.25) is 0 Å². The van der Waals surface area contributed by atoms with E-state index in [9.17, 15) is 5.11 Å². The van der Waals surface area contributed by atoms with Crippen LogP contribution in [0.5, 0.6) is 0 Å². The molecule has 2 aliphatic carbocycles. The van der Waals surface area contributed by atoms with Crippen molar-refractivity contribution in [3.8, 4) is 0 Å². The van der Waals surface area contributed by atoms with Crippen molar-refractivity contribution in [2.75, 3.05) is 0 Å². The van der Waals surface area contributed by atoms with E-state index in [1.165, 1.54) is 32.1 Å². The maximum atomic E-state index is 10.1. The van der Waals surface area contributed by atoms with Crippen LogP contribution in [0, 0.1) is 17.8 Å². The second-order valence-corrected chi connectivity index (χ2v) is 6.72. The molecular weight excluding hydrogens is 224 g/mol. The molecule has 0 spiro atoms. The highest BCUT2D eigenvalue weighted by molar-refractivity contribution is 4.83. The Morgan fingerprint density at radius 3 is 2.44 bits per heavy atom. The molecule has 0 aliphatic heterocycles. The van der Waals surface area contributed by atoms with Crippen LogP contribution < -0.4 is 0 Å². The Labute approximate surface area is 112 Å². The molecule has 6 atom stereocenters. The summed E-state index contributed by atoms with van der Waals surface area (Å²) in [6, 6.07) is 0. The molecule has 0 aromatic rings.